The highest BCUT2D eigenvalue weighted by molar-refractivity contribution is 5.92. The van der Waals surface area contributed by atoms with Gasteiger partial charge in [-0.25, -0.2) is 9.97 Å². The van der Waals surface area contributed by atoms with Crippen molar-refractivity contribution >= 4 is 17.4 Å². The maximum absolute atomic E-state index is 12.2. The van der Waals surface area contributed by atoms with E-state index in [9.17, 15) is 4.79 Å². The normalized spacial score (nSPS) is 10.1. The lowest BCUT2D eigenvalue weighted by Crippen LogP contribution is -2.24. The van der Waals surface area contributed by atoms with Crippen molar-refractivity contribution in [2.45, 2.75) is 6.54 Å². The van der Waals surface area contributed by atoms with Gasteiger partial charge in [0.25, 0.3) is 5.91 Å². The Morgan fingerprint density at radius 1 is 1.08 bits per heavy atom. The Labute approximate surface area is 145 Å². The second kappa shape index (κ2) is 7.87. The van der Waals surface area contributed by atoms with Crippen LogP contribution < -0.4 is 15.4 Å². The number of hydrogen-bond acceptors (Lipinski definition) is 6. The van der Waals surface area contributed by atoms with Crippen LogP contribution in [-0.2, 0) is 6.54 Å². The van der Waals surface area contributed by atoms with Crippen LogP contribution in [0.25, 0.3) is 0 Å². The summed E-state index contributed by atoms with van der Waals surface area (Å²) in [5.41, 5.74) is 2.09. The molecule has 0 saturated heterocycles. The average molecular weight is 335 g/mol. The van der Waals surface area contributed by atoms with E-state index < -0.39 is 0 Å². The molecule has 0 unspecified atom stereocenters. The molecule has 0 aliphatic carbocycles. The van der Waals surface area contributed by atoms with E-state index in [1.54, 1.807) is 25.6 Å². The first kappa shape index (κ1) is 16.4. The summed E-state index contributed by atoms with van der Waals surface area (Å²) < 4.78 is 5.12. The van der Waals surface area contributed by atoms with Crippen molar-refractivity contribution in [2.75, 3.05) is 12.4 Å². The van der Waals surface area contributed by atoms with Gasteiger partial charge >= 0.3 is 0 Å². The molecule has 1 amide bonds. The van der Waals surface area contributed by atoms with Crippen LogP contribution >= 0.6 is 0 Å². The number of rotatable bonds is 6. The van der Waals surface area contributed by atoms with Gasteiger partial charge in [-0.3, -0.25) is 9.78 Å². The van der Waals surface area contributed by atoms with Gasteiger partial charge in [0.05, 0.1) is 7.11 Å². The fourth-order valence-corrected chi connectivity index (χ4v) is 2.15. The quantitative estimate of drug-likeness (QED) is 0.720. The fourth-order valence-electron chi connectivity index (χ4n) is 2.15. The van der Waals surface area contributed by atoms with Crippen molar-refractivity contribution in [1.29, 1.82) is 0 Å². The first-order valence-electron chi connectivity index (χ1n) is 7.65. The number of carbonyl (C=O) groups is 1. The van der Waals surface area contributed by atoms with E-state index in [1.165, 1.54) is 6.33 Å². The highest BCUT2D eigenvalue weighted by Crippen LogP contribution is 2.18. The largest absolute Gasteiger partial charge is 0.497 e. The molecule has 2 heterocycles. The third kappa shape index (κ3) is 4.51. The highest BCUT2D eigenvalue weighted by atomic mass is 16.5. The third-order valence-electron chi connectivity index (χ3n) is 3.46. The van der Waals surface area contributed by atoms with E-state index in [2.05, 4.69) is 25.6 Å². The minimum absolute atomic E-state index is 0.267. The van der Waals surface area contributed by atoms with Crippen LogP contribution in [0.2, 0.25) is 0 Å². The number of carbonyl (C=O) groups excluding carboxylic acids is 1. The Bertz CT molecular complexity index is 838. The zero-order valence-corrected chi connectivity index (χ0v) is 13.6. The molecule has 0 aliphatic rings. The molecule has 2 N–H and O–H groups in total. The lowest BCUT2D eigenvalue weighted by molar-refractivity contribution is 0.0946. The number of ether oxygens (including phenoxy) is 1. The van der Waals surface area contributed by atoms with Crippen molar-refractivity contribution in [3.63, 3.8) is 0 Å². The van der Waals surface area contributed by atoms with Gasteiger partial charge in [-0.2, -0.15) is 0 Å². The Kier molecular flexibility index (Phi) is 5.16. The summed E-state index contributed by atoms with van der Waals surface area (Å²) in [4.78, 5) is 24.3. The van der Waals surface area contributed by atoms with Crippen LogP contribution in [0.1, 0.15) is 16.1 Å². The molecule has 0 bridgehead atoms. The Balaban J connectivity index is 1.64. The second-order valence-electron chi connectivity index (χ2n) is 5.18. The van der Waals surface area contributed by atoms with Crippen molar-refractivity contribution in [2.24, 2.45) is 0 Å². The molecule has 25 heavy (non-hydrogen) atoms. The van der Waals surface area contributed by atoms with E-state index >= 15 is 0 Å². The maximum Gasteiger partial charge on any atom is 0.270 e. The number of anilines is 2. The van der Waals surface area contributed by atoms with Gasteiger partial charge in [-0.05, 0) is 42.0 Å². The Morgan fingerprint density at radius 3 is 2.56 bits per heavy atom. The van der Waals surface area contributed by atoms with Crippen LogP contribution in [0.15, 0.2) is 61.2 Å². The predicted molar refractivity (Wildman–Crippen MR) is 93.7 cm³/mol. The molecule has 126 valence electrons. The van der Waals surface area contributed by atoms with E-state index in [4.69, 9.17) is 4.74 Å². The van der Waals surface area contributed by atoms with Gasteiger partial charge in [0, 0.05) is 30.7 Å². The van der Waals surface area contributed by atoms with Gasteiger partial charge in [0.2, 0.25) is 0 Å². The molecule has 0 radical (unpaired) electrons. The molecule has 7 nitrogen and oxygen atoms in total. The SMILES string of the molecule is COc1ccc(Nc2cc(C(=O)NCc3ccncc3)ncn2)cc1. The first-order valence-corrected chi connectivity index (χ1v) is 7.65. The van der Waals surface area contributed by atoms with Gasteiger partial charge in [0.1, 0.15) is 23.6 Å². The third-order valence-corrected chi connectivity index (χ3v) is 3.46. The lowest BCUT2D eigenvalue weighted by atomic mass is 10.2. The Hall–Kier alpha value is -3.48. The monoisotopic (exact) mass is 335 g/mol. The fraction of sp³-hybridized carbons (Fsp3) is 0.111. The molecule has 2 aromatic heterocycles. The summed E-state index contributed by atoms with van der Waals surface area (Å²) >= 11 is 0. The molecule has 7 heteroatoms. The first-order chi connectivity index (χ1) is 12.2. The zero-order chi connectivity index (χ0) is 17.5. The number of amides is 1. The van der Waals surface area contributed by atoms with E-state index in [1.807, 2.05) is 36.4 Å². The number of nitrogens with one attached hydrogen (secondary N) is 2. The minimum atomic E-state index is -0.267. The molecule has 0 aliphatic heterocycles. The molecular formula is C18H17N5O2. The number of benzene rings is 1. The smallest absolute Gasteiger partial charge is 0.270 e. The number of methoxy groups -OCH3 is 1. The minimum Gasteiger partial charge on any atom is -0.497 e. The van der Waals surface area contributed by atoms with Gasteiger partial charge in [0.15, 0.2) is 0 Å². The summed E-state index contributed by atoms with van der Waals surface area (Å²) in [5.74, 6) is 1.04. The lowest BCUT2D eigenvalue weighted by Gasteiger charge is -2.08. The van der Waals surface area contributed by atoms with Crippen LogP contribution in [0.4, 0.5) is 11.5 Å². The molecule has 0 spiro atoms. The van der Waals surface area contributed by atoms with Gasteiger partial charge in [-0.1, -0.05) is 0 Å². The predicted octanol–water partition coefficient (Wildman–Crippen LogP) is 2.55. The van der Waals surface area contributed by atoms with Crippen molar-refractivity contribution in [3.05, 3.63) is 72.4 Å². The summed E-state index contributed by atoms with van der Waals surface area (Å²) in [5, 5.41) is 5.95. The maximum atomic E-state index is 12.2. The topological polar surface area (TPSA) is 89.0 Å². The van der Waals surface area contributed by atoms with E-state index in [-0.39, 0.29) is 5.91 Å². The zero-order valence-electron chi connectivity index (χ0n) is 13.6. The number of nitrogens with zero attached hydrogens (tertiary/aromatic N) is 3. The highest BCUT2D eigenvalue weighted by Gasteiger charge is 2.09. The molecule has 3 rings (SSSR count). The van der Waals surface area contributed by atoms with Gasteiger partial charge < -0.3 is 15.4 Å². The average Bonchev–Trinajstić information content (AvgIpc) is 2.68. The molecule has 0 saturated carbocycles. The summed E-state index contributed by atoms with van der Waals surface area (Å²) in [6.45, 7) is 0.409. The van der Waals surface area contributed by atoms with Crippen LogP contribution in [0.3, 0.4) is 0 Å². The molecule has 3 aromatic rings. The molecule has 0 fully saturated rings. The van der Waals surface area contributed by atoms with Gasteiger partial charge in [-0.15, -0.1) is 0 Å². The summed E-state index contributed by atoms with van der Waals surface area (Å²) in [6.07, 6.45) is 4.72. The van der Waals surface area contributed by atoms with Crippen molar-refractivity contribution < 1.29 is 9.53 Å². The standard InChI is InChI=1S/C18H17N5O2/c1-25-15-4-2-14(3-5-15)23-17-10-16(21-12-22-17)18(24)20-11-13-6-8-19-9-7-13/h2-10,12H,11H2,1H3,(H,20,24)(H,21,22,23). The van der Waals surface area contributed by atoms with E-state index in [0.717, 1.165) is 17.0 Å². The second-order valence-corrected chi connectivity index (χ2v) is 5.18. The number of aromatic nitrogens is 3. The van der Waals surface area contributed by atoms with Crippen molar-refractivity contribution in [3.8, 4) is 5.75 Å². The van der Waals surface area contributed by atoms with Crippen LogP contribution in [-0.4, -0.2) is 28.0 Å². The number of hydrogen-bond donors (Lipinski definition) is 2. The van der Waals surface area contributed by atoms with E-state index in [0.29, 0.717) is 18.1 Å². The summed E-state index contributed by atoms with van der Waals surface area (Å²) in [7, 11) is 1.61. The van der Waals surface area contributed by atoms with Crippen LogP contribution in [0.5, 0.6) is 5.75 Å². The van der Waals surface area contributed by atoms with Crippen molar-refractivity contribution in [1.82, 2.24) is 20.3 Å². The number of pyridine rings is 1. The Morgan fingerprint density at radius 2 is 1.84 bits per heavy atom. The van der Waals surface area contributed by atoms with Crippen LogP contribution in [0, 0.1) is 0 Å². The molecule has 1 aromatic carbocycles. The summed E-state index contributed by atoms with van der Waals surface area (Å²) in [6, 6.07) is 12.7. The molecular weight excluding hydrogens is 318 g/mol. The molecule has 0 atom stereocenters.